The molecule has 1 aliphatic carbocycles. The second kappa shape index (κ2) is 4.19. The molecule has 0 N–H and O–H groups in total. The molecule has 0 heterocycles. The third-order valence-electron chi connectivity index (χ3n) is 3.64. The molecule has 0 aromatic carbocycles. The van der Waals surface area contributed by atoms with Crippen LogP contribution in [0, 0.1) is 11.3 Å². The van der Waals surface area contributed by atoms with Crippen LogP contribution in [0.4, 0.5) is 0 Å². The third-order valence-corrected chi connectivity index (χ3v) is 3.64. The van der Waals surface area contributed by atoms with Crippen molar-refractivity contribution in [3.05, 3.63) is 0 Å². The lowest BCUT2D eigenvalue weighted by atomic mass is 9.70. The monoisotopic (exact) mass is 200 g/mol. The molecule has 0 aromatic rings. The quantitative estimate of drug-likeness (QED) is 0.637. The normalized spacial score (nSPS) is 27.6. The second-order valence-electron chi connectivity index (χ2n) is 5.48. The van der Waals surface area contributed by atoms with Gasteiger partial charge in [-0.05, 0) is 24.2 Å². The van der Waals surface area contributed by atoms with Gasteiger partial charge in [0.05, 0.1) is 0 Å². The molecule has 1 saturated carbocycles. The lowest BCUT2D eigenvalue weighted by molar-refractivity contribution is -0.237. The van der Waals surface area contributed by atoms with Crippen LogP contribution in [0.3, 0.4) is 0 Å². The van der Waals surface area contributed by atoms with E-state index in [1.165, 1.54) is 12.8 Å². The SMILES string of the molecule is COC1(OC)CCCC(C(C)(C)C)C1. The van der Waals surface area contributed by atoms with Crippen molar-refractivity contribution in [3.8, 4) is 0 Å². The summed E-state index contributed by atoms with van der Waals surface area (Å²) in [6.07, 6.45) is 4.58. The Hall–Kier alpha value is -0.0800. The van der Waals surface area contributed by atoms with E-state index in [4.69, 9.17) is 9.47 Å². The van der Waals surface area contributed by atoms with Gasteiger partial charge >= 0.3 is 0 Å². The summed E-state index contributed by atoms with van der Waals surface area (Å²) >= 11 is 0. The molecule has 0 radical (unpaired) electrons. The summed E-state index contributed by atoms with van der Waals surface area (Å²) in [5.41, 5.74) is 0.364. The van der Waals surface area contributed by atoms with Gasteiger partial charge in [0.2, 0.25) is 0 Å². The largest absolute Gasteiger partial charge is 0.353 e. The predicted octanol–water partition coefficient (Wildman–Crippen LogP) is 3.21. The molecule has 1 rings (SSSR count). The maximum atomic E-state index is 5.53. The van der Waals surface area contributed by atoms with Crippen molar-refractivity contribution in [2.45, 2.75) is 52.2 Å². The Bertz CT molecular complexity index is 177. The van der Waals surface area contributed by atoms with Crippen molar-refractivity contribution in [2.75, 3.05) is 14.2 Å². The first-order valence-corrected chi connectivity index (χ1v) is 5.54. The van der Waals surface area contributed by atoms with Crippen LogP contribution in [0.25, 0.3) is 0 Å². The van der Waals surface area contributed by atoms with Gasteiger partial charge in [-0.25, -0.2) is 0 Å². The summed E-state index contributed by atoms with van der Waals surface area (Å²) < 4.78 is 11.1. The van der Waals surface area contributed by atoms with Crippen LogP contribution in [-0.4, -0.2) is 20.0 Å². The maximum Gasteiger partial charge on any atom is 0.167 e. The fourth-order valence-electron chi connectivity index (χ4n) is 2.39. The lowest BCUT2D eigenvalue weighted by Gasteiger charge is -2.43. The van der Waals surface area contributed by atoms with Gasteiger partial charge < -0.3 is 9.47 Å². The van der Waals surface area contributed by atoms with E-state index in [1.807, 2.05) is 0 Å². The highest BCUT2D eigenvalue weighted by molar-refractivity contribution is 4.86. The summed E-state index contributed by atoms with van der Waals surface area (Å²) in [6.45, 7) is 6.91. The highest BCUT2D eigenvalue weighted by atomic mass is 16.7. The Balaban J connectivity index is 2.68. The molecule has 14 heavy (non-hydrogen) atoms. The van der Waals surface area contributed by atoms with Crippen LogP contribution in [0.15, 0.2) is 0 Å². The number of rotatable bonds is 2. The van der Waals surface area contributed by atoms with Crippen LogP contribution < -0.4 is 0 Å². The van der Waals surface area contributed by atoms with Crippen LogP contribution in [0.5, 0.6) is 0 Å². The van der Waals surface area contributed by atoms with E-state index in [2.05, 4.69) is 20.8 Å². The van der Waals surface area contributed by atoms with Gasteiger partial charge in [-0.15, -0.1) is 0 Å². The molecular weight excluding hydrogens is 176 g/mol. The Morgan fingerprint density at radius 1 is 1.14 bits per heavy atom. The molecule has 0 aromatic heterocycles. The predicted molar refractivity (Wildman–Crippen MR) is 58.2 cm³/mol. The highest BCUT2D eigenvalue weighted by Gasteiger charge is 2.40. The minimum Gasteiger partial charge on any atom is -0.353 e. The molecule has 84 valence electrons. The Morgan fingerprint density at radius 3 is 2.14 bits per heavy atom. The molecule has 1 aliphatic rings. The summed E-state index contributed by atoms with van der Waals surface area (Å²) in [6, 6.07) is 0. The summed E-state index contributed by atoms with van der Waals surface area (Å²) in [4.78, 5) is 0. The minimum atomic E-state index is -0.309. The highest BCUT2D eigenvalue weighted by Crippen LogP contribution is 2.43. The van der Waals surface area contributed by atoms with E-state index in [0.717, 1.165) is 12.8 Å². The first-order chi connectivity index (χ1) is 6.43. The van der Waals surface area contributed by atoms with Gasteiger partial charge in [0.25, 0.3) is 0 Å². The Labute approximate surface area is 88.0 Å². The van der Waals surface area contributed by atoms with Crippen molar-refractivity contribution in [1.82, 2.24) is 0 Å². The molecule has 1 fully saturated rings. The average molecular weight is 200 g/mol. The zero-order valence-corrected chi connectivity index (χ0v) is 10.2. The molecular formula is C12H24O2. The summed E-state index contributed by atoms with van der Waals surface area (Å²) in [7, 11) is 3.52. The molecule has 1 atom stereocenters. The van der Waals surface area contributed by atoms with Gasteiger partial charge in [0.15, 0.2) is 5.79 Å². The topological polar surface area (TPSA) is 18.5 Å². The first-order valence-electron chi connectivity index (χ1n) is 5.54. The molecule has 0 aliphatic heterocycles. The second-order valence-corrected chi connectivity index (χ2v) is 5.48. The third kappa shape index (κ3) is 2.48. The number of methoxy groups -OCH3 is 2. The van der Waals surface area contributed by atoms with Crippen LogP contribution >= 0.6 is 0 Å². The molecule has 0 amide bonds. The van der Waals surface area contributed by atoms with Crippen LogP contribution in [0.1, 0.15) is 46.5 Å². The van der Waals surface area contributed by atoms with Crippen molar-refractivity contribution < 1.29 is 9.47 Å². The van der Waals surface area contributed by atoms with Crippen molar-refractivity contribution in [2.24, 2.45) is 11.3 Å². The summed E-state index contributed by atoms with van der Waals surface area (Å²) in [5, 5.41) is 0. The fraction of sp³-hybridized carbons (Fsp3) is 1.00. The van der Waals surface area contributed by atoms with Crippen molar-refractivity contribution in [3.63, 3.8) is 0 Å². The molecule has 0 saturated heterocycles. The maximum absolute atomic E-state index is 5.53. The van der Waals surface area contributed by atoms with Crippen molar-refractivity contribution >= 4 is 0 Å². The van der Waals surface area contributed by atoms with E-state index in [0.29, 0.717) is 11.3 Å². The van der Waals surface area contributed by atoms with E-state index < -0.39 is 0 Å². The summed E-state index contributed by atoms with van der Waals surface area (Å²) in [5.74, 6) is 0.395. The number of hydrogen-bond acceptors (Lipinski definition) is 2. The van der Waals surface area contributed by atoms with Gasteiger partial charge in [0.1, 0.15) is 0 Å². The molecule has 2 nitrogen and oxygen atoms in total. The molecule has 2 heteroatoms. The van der Waals surface area contributed by atoms with Crippen molar-refractivity contribution in [1.29, 1.82) is 0 Å². The lowest BCUT2D eigenvalue weighted by Crippen LogP contribution is -2.42. The molecule has 0 spiro atoms. The van der Waals surface area contributed by atoms with Crippen LogP contribution in [-0.2, 0) is 9.47 Å². The van der Waals surface area contributed by atoms with Gasteiger partial charge in [-0.2, -0.15) is 0 Å². The van der Waals surface area contributed by atoms with E-state index in [9.17, 15) is 0 Å². The average Bonchev–Trinajstić information content (AvgIpc) is 2.16. The number of hydrogen-bond donors (Lipinski definition) is 0. The molecule has 0 bridgehead atoms. The number of ether oxygens (including phenoxy) is 2. The van der Waals surface area contributed by atoms with Crippen LogP contribution in [0.2, 0.25) is 0 Å². The smallest absolute Gasteiger partial charge is 0.167 e. The van der Waals surface area contributed by atoms with Gasteiger partial charge in [-0.3, -0.25) is 0 Å². The van der Waals surface area contributed by atoms with E-state index in [-0.39, 0.29) is 5.79 Å². The first kappa shape index (κ1) is 12.0. The zero-order chi connectivity index (χ0) is 10.8. The van der Waals surface area contributed by atoms with Gasteiger partial charge in [-0.1, -0.05) is 20.8 Å². The standard InChI is InChI=1S/C12H24O2/c1-11(2,3)10-7-6-8-12(9-10,13-4)14-5/h10H,6-9H2,1-5H3. The van der Waals surface area contributed by atoms with Gasteiger partial charge in [0, 0.05) is 27.1 Å². The van der Waals surface area contributed by atoms with E-state index >= 15 is 0 Å². The zero-order valence-electron chi connectivity index (χ0n) is 10.2. The Kier molecular flexibility index (Phi) is 3.59. The minimum absolute atomic E-state index is 0.309. The molecule has 1 unspecified atom stereocenters. The van der Waals surface area contributed by atoms with E-state index in [1.54, 1.807) is 14.2 Å². The fourth-order valence-corrected chi connectivity index (χ4v) is 2.39. The Morgan fingerprint density at radius 2 is 1.71 bits per heavy atom.